The molecule has 1 aromatic carbocycles. The number of alkyl halides is 3. The summed E-state index contributed by atoms with van der Waals surface area (Å²) in [7, 11) is 1.30. The van der Waals surface area contributed by atoms with Crippen LogP contribution in [0.2, 0.25) is 0 Å². The van der Waals surface area contributed by atoms with Crippen LogP contribution < -0.4 is 15.8 Å². The van der Waals surface area contributed by atoms with E-state index in [1.54, 1.807) is 0 Å². The summed E-state index contributed by atoms with van der Waals surface area (Å²) in [5, 5.41) is 10.7. The van der Waals surface area contributed by atoms with Crippen LogP contribution in [0.3, 0.4) is 0 Å². The predicted molar refractivity (Wildman–Crippen MR) is 61.8 cm³/mol. The molecule has 19 heavy (non-hydrogen) atoms. The number of nitrogen functional groups attached to an aromatic ring is 1. The van der Waals surface area contributed by atoms with Crippen LogP contribution in [0.5, 0.6) is 5.75 Å². The number of hydrogen-bond donors (Lipinski definition) is 3. The Morgan fingerprint density at radius 1 is 1.53 bits per heavy atom. The largest absolute Gasteiger partial charge is 0.496 e. The molecular weight excluding hydrogens is 265 g/mol. The summed E-state index contributed by atoms with van der Waals surface area (Å²) in [6.07, 6.45) is -7.42. The zero-order valence-corrected chi connectivity index (χ0v) is 9.99. The number of carbonyl (C=O) groups is 1. The van der Waals surface area contributed by atoms with Gasteiger partial charge in [0.1, 0.15) is 11.3 Å². The molecule has 0 saturated heterocycles. The molecule has 106 valence electrons. The number of benzene rings is 1. The van der Waals surface area contributed by atoms with Crippen molar-refractivity contribution < 1.29 is 27.8 Å². The molecule has 0 aromatic heterocycles. The minimum Gasteiger partial charge on any atom is -0.496 e. The molecular formula is C11H13F3N2O3. The van der Waals surface area contributed by atoms with E-state index in [-0.39, 0.29) is 17.0 Å². The average molecular weight is 278 g/mol. The van der Waals surface area contributed by atoms with E-state index in [1.165, 1.54) is 25.3 Å². The van der Waals surface area contributed by atoms with Gasteiger partial charge in [-0.2, -0.15) is 13.2 Å². The Hall–Kier alpha value is -1.96. The van der Waals surface area contributed by atoms with Crippen molar-refractivity contribution in [1.29, 1.82) is 0 Å². The normalized spacial score (nSPS) is 12.9. The van der Waals surface area contributed by atoms with Gasteiger partial charge in [0.25, 0.3) is 5.91 Å². The molecule has 0 spiro atoms. The molecule has 5 nitrogen and oxygen atoms in total. The van der Waals surface area contributed by atoms with E-state index in [4.69, 9.17) is 15.6 Å². The van der Waals surface area contributed by atoms with Crippen LogP contribution in [0.25, 0.3) is 0 Å². The van der Waals surface area contributed by atoms with Gasteiger partial charge in [0.2, 0.25) is 0 Å². The number of carbonyl (C=O) groups excluding carboxylic acids is 1. The molecule has 1 unspecified atom stereocenters. The van der Waals surface area contributed by atoms with Crippen molar-refractivity contribution in [2.75, 3.05) is 19.4 Å². The Morgan fingerprint density at radius 2 is 2.16 bits per heavy atom. The van der Waals surface area contributed by atoms with Crippen LogP contribution in [-0.4, -0.2) is 36.9 Å². The summed E-state index contributed by atoms with van der Waals surface area (Å²) in [5.74, 6) is -0.711. The van der Waals surface area contributed by atoms with Gasteiger partial charge in [0.15, 0.2) is 6.10 Å². The van der Waals surface area contributed by atoms with E-state index in [9.17, 15) is 18.0 Å². The molecule has 1 atom stereocenters. The molecule has 0 radical (unpaired) electrons. The first-order valence-electron chi connectivity index (χ1n) is 5.22. The molecule has 0 saturated carbocycles. The molecule has 4 N–H and O–H groups in total. The summed E-state index contributed by atoms with van der Waals surface area (Å²) >= 11 is 0. The molecule has 0 fully saturated rings. The first kappa shape index (κ1) is 15.1. The minimum atomic E-state index is -4.79. The van der Waals surface area contributed by atoms with E-state index in [2.05, 4.69) is 0 Å². The third-order valence-corrected chi connectivity index (χ3v) is 2.34. The lowest BCUT2D eigenvalue weighted by atomic mass is 10.1. The van der Waals surface area contributed by atoms with E-state index in [0.29, 0.717) is 0 Å². The highest BCUT2D eigenvalue weighted by Crippen LogP contribution is 2.24. The number of ether oxygens (including phenoxy) is 1. The van der Waals surface area contributed by atoms with E-state index < -0.39 is 24.7 Å². The number of hydrogen-bond acceptors (Lipinski definition) is 4. The first-order valence-corrected chi connectivity index (χ1v) is 5.22. The number of nitrogens with two attached hydrogens (primary N) is 1. The van der Waals surface area contributed by atoms with Crippen LogP contribution in [0.4, 0.5) is 18.9 Å². The summed E-state index contributed by atoms with van der Waals surface area (Å²) < 4.78 is 41.1. The monoisotopic (exact) mass is 278 g/mol. The van der Waals surface area contributed by atoms with E-state index >= 15 is 0 Å². The van der Waals surface area contributed by atoms with Crippen molar-refractivity contribution >= 4 is 11.6 Å². The van der Waals surface area contributed by atoms with Gasteiger partial charge >= 0.3 is 6.18 Å². The molecule has 1 amide bonds. The van der Waals surface area contributed by atoms with Crippen molar-refractivity contribution in [2.45, 2.75) is 12.3 Å². The maximum atomic E-state index is 12.1. The van der Waals surface area contributed by atoms with Crippen molar-refractivity contribution in [2.24, 2.45) is 0 Å². The fourth-order valence-electron chi connectivity index (χ4n) is 1.35. The quantitative estimate of drug-likeness (QED) is 0.715. The first-order chi connectivity index (χ1) is 8.77. The third-order valence-electron chi connectivity index (χ3n) is 2.34. The number of methoxy groups -OCH3 is 1. The highest BCUT2D eigenvalue weighted by molar-refractivity contribution is 6.01. The standard InChI is InChI=1S/C11H13F3N2O3/c1-19-7-4-2-3-6(15)9(7)10(18)16-5-8(17)11(12,13)14/h2-4,8,17H,5,15H2,1H3,(H,16,18). The second-order valence-corrected chi connectivity index (χ2v) is 3.69. The molecule has 0 aliphatic heterocycles. The summed E-state index contributed by atoms with van der Waals surface area (Å²) in [6.45, 7) is -0.959. The number of amides is 1. The Bertz CT molecular complexity index is 463. The smallest absolute Gasteiger partial charge is 0.416 e. The highest BCUT2D eigenvalue weighted by Gasteiger charge is 2.38. The predicted octanol–water partition coefficient (Wildman–Crippen LogP) is 0.930. The molecule has 0 bridgehead atoms. The molecule has 0 heterocycles. The Labute approximate surface area is 107 Å². The Morgan fingerprint density at radius 3 is 2.68 bits per heavy atom. The van der Waals surface area contributed by atoms with Crippen LogP contribution in [0.1, 0.15) is 10.4 Å². The van der Waals surface area contributed by atoms with Crippen molar-refractivity contribution in [1.82, 2.24) is 5.32 Å². The second kappa shape index (κ2) is 5.79. The van der Waals surface area contributed by atoms with Crippen molar-refractivity contribution in [3.63, 3.8) is 0 Å². The molecule has 8 heteroatoms. The van der Waals surface area contributed by atoms with Crippen molar-refractivity contribution in [3.05, 3.63) is 23.8 Å². The van der Waals surface area contributed by atoms with Gasteiger partial charge in [0, 0.05) is 5.69 Å². The number of nitrogens with one attached hydrogen (secondary N) is 1. The maximum absolute atomic E-state index is 12.1. The lowest BCUT2D eigenvalue weighted by molar-refractivity contribution is -0.201. The van der Waals surface area contributed by atoms with Gasteiger partial charge in [0.05, 0.1) is 13.7 Å². The molecule has 1 rings (SSSR count). The highest BCUT2D eigenvalue weighted by atomic mass is 19.4. The van der Waals surface area contributed by atoms with Crippen LogP contribution in [-0.2, 0) is 0 Å². The lowest BCUT2D eigenvalue weighted by Crippen LogP contribution is -2.40. The van der Waals surface area contributed by atoms with Gasteiger partial charge < -0.3 is 20.9 Å². The molecule has 0 aliphatic rings. The van der Waals surface area contributed by atoms with Gasteiger partial charge in [-0.25, -0.2) is 0 Å². The fourth-order valence-corrected chi connectivity index (χ4v) is 1.35. The van der Waals surface area contributed by atoms with Crippen LogP contribution >= 0.6 is 0 Å². The average Bonchev–Trinajstić information content (AvgIpc) is 2.33. The minimum absolute atomic E-state index is 0.0679. The maximum Gasteiger partial charge on any atom is 0.416 e. The number of halogens is 3. The summed E-state index contributed by atoms with van der Waals surface area (Å²) in [5.41, 5.74) is 5.56. The van der Waals surface area contributed by atoms with Gasteiger partial charge in [-0.15, -0.1) is 0 Å². The Kier molecular flexibility index (Phi) is 4.60. The fraction of sp³-hybridized carbons (Fsp3) is 0.364. The Balaban J connectivity index is 2.80. The SMILES string of the molecule is COc1cccc(N)c1C(=O)NCC(O)C(F)(F)F. The number of anilines is 1. The zero-order chi connectivity index (χ0) is 14.6. The van der Waals surface area contributed by atoms with E-state index in [1.807, 2.05) is 5.32 Å². The van der Waals surface area contributed by atoms with Crippen LogP contribution in [0.15, 0.2) is 18.2 Å². The summed E-state index contributed by atoms with van der Waals surface area (Å²) in [4.78, 5) is 11.7. The van der Waals surface area contributed by atoms with Gasteiger partial charge in [-0.05, 0) is 12.1 Å². The summed E-state index contributed by atoms with van der Waals surface area (Å²) in [6, 6.07) is 4.40. The van der Waals surface area contributed by atoms with Crippen LogP contribution in [0, 0.1) is 0 Å². The number of aliphatic hydroxyl groups excluding tert-OH is 1. The zero-order valence-electron chi connectivity index (χ0n) is 9.99. The third kappa shape index (κ3) is 3.75. The van der Waals surface area contributed by atoms with E-state index in [0.717, 1.165) is 0 Å². The number of aliphatic hydroxyl groups is 1. The molecule has 0 aliphatic carbocycles. The lowest BCUT2D eigenvalue weighted by Gasteiger charge is -2.16. The second-order valence-electron chi connectivity index (χ2n) is 3.69. The topological polar surface area (TPSA) is 84.6 Å². The van der Waals surface area contributed by atoms with Gasteiger partial charge in [-0.1, -0.05) is 6.07 Å². The number of rotatable bonds is 4. The van der Waals surface area contributed by atoms with Crippen molar-refractivity contribution in [3.8, 4) is 5.75 Å². The van der Waals surface area contributed by atoms with Gasteiger partial charge in [-0.3, -0.25) is 4.79 Å². The molecule has 1 aromatic rings.